The van der Waals surface area contributed by atoms with Crippen LogP contribution in [0.5, 0.6) is 0 Å². The maximum Gasteiger partial charge on any atom is 0.309 e. The first-order valence-electron chi connectivity index (χ1n) is 5.10. The van der Waals surface area contributed by atoms with Gasteiger partial charge in [0.1, 0.15) is 0 Å². The standard InChI is InChI=1S/C10H20O4S/c1-5-10(4,9(11)12)6-7-15(13,14)8(2)3/h8H,5-7H2,1-4H3,(H,11,12). The fourth-order valence-electron chi connectivity index (χ4n) is 1.04. The van der Waals surface area contributed by atoms with Crippen LogP contribution in [0.1, 0.15) is 40.5 Å². The molecule has 0 spiro atoms. The van der Waals surface area contributed by atoms with Gasteiger partial charge in [0.15, 0.2) is 9.84 Å². The van der Waals surface area contributed by atoms with Crippen LogP contribution in [-0.4, -0.2) is 30.5 Å². The molecule has 0 heterocycles. The fourth-order valence-corrected chi connectivity index (χ4v) is 2.24. The summed E-state index contributed by atoms with van der Waals surface area (Å²) >= 11 is 0. The van der Waals surface area contributed by atoms with E-state index in [0.717, 1.165) is 0 Å². The summed E-state index contributed by atoms with van der Waals surface area (Å²) < 4.78 is 23.0. The summed E-state index contributed by atoms with van der Waals surface area (Å²) in [6.07, 6.45) is 0.620. The van der Waals surface area contributed by atoms with Gasteiger partial charge in [-0.25, -0.2) is 8.42 Å². The van der Waals surface area contributed by atoms with Crippen molar-refractivity contribution < 1.29 is 18.3 Å². The third-order valence-corrected chi connectivity index (χ3v) is 5.16. The van der Waals surface area contributed by atoms with Crippen molar-refractivity contribution in [3.05, 3.63) is 0 Å². The summed E-state index contributed by atoms with van der Waals surface area (Å²) in [6, 6.07) is 0. The van der Waals surface area contributed by atoms with Crippen LogP contribution >= 0.6 is 0 Å². The van der Waals surface area contributed by atoms with Gasteiger partial charge in [-0.05, 0) is 33.6 Å². The largest absolute Gasteiger partial charge is 0.481 e. The van der Waals surface area contributed by atoms with Crippen molar-refractivity contribution in [1.29, 1.82) is 0 Å². The van der Waals surface area contributed by atoms with Crippen LogP contribution in [0.3, 0.4) is 0 Å². The molecule has 0 aliphatic heterocycles. The molecule has 0 rings (SSSR count). The van der Waals surface area contributed by atoms with Gasteiger partial charge in [-0.15, -0.1) is 0 Å². The third kappa shape index (κ3) is 3.81. The Kier molecular flexibility index (Phi) is 4.77. The highest BCUT2D eigenvalue weighted by molar-refractivity contribution is 7.91. The number of carboxylic acids is 1. The molecule has 0 aliphatic rings. The van der Waals surface area contributed by atoms with Gasteiger partial charge in [0.25, 0.3) is 0 Å². The van der Waals surface area contributed by atoms with E-state index in [-0.39, 0.29) is 12.2 Å². The molecule has 0 fully saturated rings. The van der Waals surface area contributed by atoms with Gasteiger partial charge in [-0.2, -0.15) is 0 Å². The Hall–Kier alpha value is -0.580. The highest BCUT2D eigenvalue weighted by Crippen LogP contribution is 2.27. The van der Waals surface area contributed by atoms with Gasteiger partial charge in [-0.1, -0.05) is 6.92 Å². The predicted molar refractivity (Wildman–Crippen MR) is 59.6 cm³/mol. The fraction of sp³-hybridized carbons (Fsp3) is 0.900. The Morgan fingerprint density at radius 3 is 2.13 bits per heavy atom. The number of sulfone groups is 1. The average Bonchev–Trinajstić information content (AvgIpc) is 2.13. The zero-order chi connectivity index (χ0) is 12.3. The minimum atomic E-state index is -3.14. The Morgan fingerprint density at radius 1 is 1.40 bits per heavy atom. The van der Waals surface area contributed by atoms with E-state index in [1.807, 2.05) is 0 Å². The number of carboxylic acid groups (broad SMARTS) is 1. The lowest BCUT2D eigenvalue weighted by molar-refractivity contribution is -0.148. The lowest BCUT2D eigenvalue weighted by Gasteiger charge is -2.23. The summed E-state index contributed by atoms with van der Waals surface area (Å²) in [5.41, 5.74) is -0.929. The minimum absolute atomic E-state index is 0.0543. The normalized spacial score (nSPS) is 16.3. The maximum atomic E-state index is 11.5. The summed E-state index contributed by atoms with van der Waals surface area (Å²) in [4.78, 5) is 10.9. The first kappa shape index (κ1) is 14.4. The molecule has 15 heavy (non-hydrogen) atoms. The summed E-state index contributed by atoms with van der Waals surface area (Å²) in [5.74, 6) is -0.981. The molecule has 1 N–H and O–H groups in total. The smallest absolute Gasteiger partial charge is 0.309 e. The predicted octanol–water partition coefficient (Wildman–Crippen LogP) is 1.70. The molecule has 0 saturated carbocycles. The van der Waals surface area contributed by atoms with Crippen LogP contribution in [0.15, 0.2) is 0 Å². The molecule has 0 saturated heterocycles. The van der Waals surface area contributed by atoms with Gasteiger partial charge < -0.3 is 5.11 Å². The van der Waals surface area contributed by atoms with Gasteiger partial charge in [0.05, 0.1) is 16.4 Å². The van der Waals surface area contributed by atoms with Crippen molar-refractivity contribution in [2.45, 2.75) is 45.8 Å². The molecular weight excluding hydrogens is 216 g/mol. The third-order valence-electron chi connectivity index (χ3n) is 2.95. The Bertz CT molecular complexity index is 318. The maximum absolute atomic E-state index is 11.5. The molecule has 0 aromatic carbocycles. The molecule has 1 atom stereocenters. The van der Waals surface area contributed by atoms with E-state index < -0.39 is 26.5 Å². The molecule has 1 unspecified atom stereocenters. The number of aliphatic carboxylic acids is 1. The highest BCUT2D eigenvalue weighted by atomic mass is 32.2. The quantitative estimate of drug-likeness (QED) is 0.762. The van der Waals surface area contributed by atoms with Crippen LogP contribution in [0.4, 0.5) is 0 Å². The molecule has 0 aliphatic carbocycles. The second-order valence-electron chi connectivity index (χ2n) is 4.39. The van der Waals surface area contributed by atoms with Crippen molar-refractivity contribution in [3.8, 4) is 0 Å². The van der Waals surface area contributed by atoms with Crippen molar-refractivity contribution in [2.24, 2.45) is 5.41 Å². The van der Waals surface area contributed by atoms with E-state index in [1.54, 1.807) is 27.7 Å². The first-order chi connectivity index (χ1) is 6.65. The van der Waals surface area contributed by atoms with Crippen molar-refractivity contribution >= 4 is 15.8 Å². The average molecular weight is 236 g/mol. The van der Waals surface area contributed by atoms with E-state index in [2.05, 4.69) is 0 Å². The Labute approximate surface area is 91.6 Å². The molecule has 4 nitrogen and oxygen atoms in total. The minimum Gasteiger partial charge on any atom is -0.481 e. The zero-order valence-electron chi connectivity index (χ0n) is 9.78. The molecular formula is C10H20O4S. The number of carbonyl (C=O) groups is 1. The van der Waals surface area contributed by atoms with Gasteiger partial charge in [0, 0.05) is 0 Å². The summed E-state index contributed by atoms with van der Waals surface area (Å²) in [7, 11) is -3.14. The first-order valence-corrected chi connectivity index (χ1v) is 6.82. The van der Waals surface area contributed by atoms with Crippen molar-refractivity contribution in [3.63, 3.8) is 0 Å². The lowest BCUT2D eigenvalue weighted by Crippen LogP contribution is -2.31. The Balaban J connectivity index is 4.57. The molecule has 0 bridgehead atoms. The zero-order valence-corrected chi connectivity index (χ0v) is 10.6. The summed E-state index contributed by atoms with van der Waals surface area (Å²) in [6.45, 7) is 6.57. The number of hydrogen-bond donors (Lipinski definition) is 1. The number of hydrogen-bond acceptors (Lipinski definition) is 3. The van der Waals surface area contributed by atoms with E-state index in [0.29, 0.717) is 6.42 Å². The molecule has 90 valence electrons. The van der Waals surface area contributed by atoms with Gasteiger partial charge >= 0.3 is 5.97 Å². The van der Waals surface area contributed by atoms with Crippen LogP contribution in [-0.2, 0) is 14.6 Å². The van der Waals surface area contributed by atoms with Crippen LogP contribution in [0.2, 0.25) is 0 Å². The SMILES string of the molecule is CCC(C)(CCS(=O)(=O)C(C)C)C(=O)O. The van der Waals surface area contributed by atoms with E-state index in [9.17, 15) is 13.2 Å². The molecule has 0 aromatic rings. The highest BCUT2D eigenvalue weighted by Gasteiger charge is 2.33. The van der Waals surface area contributed by atoms with E-state index in [4.69, 9.17) is 5.11 Å². The van der Waals surface area contributed by atoms with Crippen LogP contribution in [0, 0.1) is 5.41 Å². The van der Waals surface area contributed by atoms with Crippen molar-refractivity contribution in [2.75, 3.05) is 5.75 Å². The van der Waals surface area contributed by atoms with E-state index >= 15 is 0 Å². The molecule has 0 aromatic heterocycles. The van der Waals surface area contributed by atoms with Gasteiger partial charge in [-0.3, -0.25) is 4.79 Å². The van der Waals surface area contributed by atoms with Crippen LogP contribution in [0.25, 0.3) is 0 Å². The lowest BCUT2D eigenvalue weighted by atomic mass is 9.85. The monoisotopic (exact) mass is 236 g/mol. The van der Waals surface area contributed by atoms with E-state index in [1.165, 1.54) is 0 Å². The second-order valence-corrected chi connectivity index (χ2v) is 7.06. The molecule has 0 radical (unpaired) electrons. The topological polar surface area (TPSA) is 71.4 Å². The Morgan fingerprint density at radius 2 is 1.87 bits per heavy atom. The summed E-state index contributed by atoms with van der Waals surface area (Å²) in [5, 5.41) is 8.54. The second kappa shape index (κ2) is 4.96. The van der Waals surface area contributed by atoms with Gasteiger partial charge in [0.2, 0.25) is 0 Å². The molecule has 0 amide bonds. The molecule has 5 heteroatoms. The van der Waals surface area contributed by atoms with Crippen LogP contribution < -0.4 is 0 Å². The number of rotatable bonds is 6. The van der Waals surface area contributed by atoms with Crippen molar-refractivity contribution in [1.82, 2.24) is 0 Å².